The van der Waals surface area contributed by atoms with Crippen LogP contribution in [0.3, 0.4) is 0 Å². The molecule has 0 unspecified atom stereocenters. The smallest absolute Gasteiger partial charge is 0.226 e. The van der Waals surface area contributed by atoms with Gasteiger partial charge in [0.25, 0.3) is 0 Å². The maximum atomic E-state index is 12.0. The van der Waals surface area contributed by atoms with E-state index in [1.807, 2.05) is 17.9 Å². The van der Waals surface area contributed by atoms with E-state index in [0.29, 0.717) is 24.0 Å². The zero-order valence-electron chi connectivity index (χ0n) is 13.0. The van der Waals surface area contributed by atoms with Gasteiger partial charge in [0.2, 0.25) is 5.91 Å². The quantitative estimate of drug-likeness (QED) is 0.912. The normalized spacial score (nSPS) is 18.7. The zero-order chi connectivity index (χ0) is 15.5. The number of anilines is 1. The number of amides is 1. The highest BCUT2D eigenvalue weighted by atomic mass is 16.5. The van der Waals surface area contributed by atoms with E-state index in [9.17, 15) is 4.79 Å². The van der Waals surface area contributed by atoms with Crippen LogP contribution in [-0.4, -0.2) is 38.8 Å². The molecule has 1 fully saturated rings. The van der Waals surface area contributed by atoms with Crippen molar-refractivity contribution >= 4 is 11.7 Å². The lowest BCUT2D eigenvalue weighted by Crippen LogP contribution is -2.27. The maximum absolute atomic E-state index is 12.0. The molecule has 2 aromatic heterocycles. The Hall–Kier alpha value is -2.15. The summed E-state index contributed by atoms with van der Waals surface area (Å²) in [6, 6.07) is 2.09. The molecule has 1 atom stereocenters. The first kappa shape index (κ1) is 14.8. The summed E-state index contributed by atoms with van der Waals surface area (Å²) in [7, 11) is 1.93. The van der Waals surface area contributed by atoms with Crippen LogP contribution in [0.2, 0.25) is 0 Å². The molecular weight excluding hydrogens is 282 g/mol. The van der Waals surface area contributed by atoms with Crippen molar-refractivity contribution in [1.29, 1.82) is 0 Å². The standard InChI is InChI=1S/C15H21N5O2/c1-11-8-14(18-22-11)17-15(21)5-7-20-6-3-4-13(20)12-9-16-19(2)10-12/h8-10,13H,3-7H2,1-2H3,(H,17,18,21)/t13-/m0/s1. The van der Waals surface area contributed by atoms with Crippen molar-refractivity contribution in [2.24, 2.45) is 7.05 Å². The second-order valence-corrected chi connectivity index (χ2v) is 5.76. The van der Waals surface area contributed by atoms with Gasteiger partial charge in [0.1, 0.15) is 5.76 Å². The van der Waals surface area contributed by atoms with Gasteiger partial charge in [-0.1, -0.05) is 5.16 Å². The molecule has 1 saturated heterocycles. The van der Waals surface area contributed by atoms with Gasteiger partial charge in [0.05, 0.1) is 6.20 Å². The first-order valence-electron chi connectivity index (χ1n) is 7.57. The monoisotopic (exact) mass is 303 g/mol. The summed E-state index contributed by atoms with van der Waals surface area (Å²) in [5.41, 5.74) is 1.23. The number of aryl methyl sites for hydroxylation is 2. The Morgan fingerprint density at radius 2 is 2.41 bits per heavy atom. The van der Waals surface area contributed by atoms with Gasteiger partial charge in [-0.05, 0) is 26.3 Å². The molecule has 1 aliphatic rings. The first-order valence-corrected chi connectivity index (χ1v) is 7.57. The predicted molar refractivity (Wildman–Crippen MR) is 81.2 cm³/mol. The van der Waals surface area contributed by atoms with Crippen molar-refractivity contribution in [2.75, 3.05) is 18.4 Å². The summed E-state index contributed by atoms with van der Waals surface area (Å²) >= 11 is 0. The van der Waals surface area contributed by atoms with Crippen LogP contribution >= 0.6 is 0 Å². The van der Waals surface area contributed by atoms with E-state index in [-0.39, 0.29) is 5.91 Å². The number of hydrogen-bond donors (Lipinski definition) is 1. The summed E-state index contributed by atoms with van der Waals surface area (Å²) in [5.74, 6) is 1.13. The summed E-state index contributed by atoms with van der Waals surface area (Å²) in [4.78, 5) is 14.3. The second-order valence-electron chi connectivity index (χ2n) is 5.76. The van der Waals surface area contributed by atoms with Crippen LogP contribution in [0.1, 0.15) is 36.6 Å². The molecule has 1 aliphatic heterocycles. The van der Waals surface area contributed by atoms with Crippen LogP contribution in [-0.2, 0) is 11.8 Å². The molecule has 22 heavy (non-hydrogen) atoms. The number of aromatic nitrogens is 3. The average molecular weight is 303 g/mol. The lowest BCUT2D eigenvalue weighted by atomic mass is 10.1. The molecule has 3 rings (SSSR count). The highest BCUT2D eigenvalue weighted by Crippen LogP contribution is 2.31. The molecule has 7 nitrogen and oxygen atoms in total. The van der Waals surface area contributed by atoms with Gasteiger partial charge < -0.3 is 9.84 Å². The number of nitrogens with zero attached hydrogens (tertiary/aromatic N) is 4. The molecule has 0 aliphatic carbocycles. The van der Waals surface area contributed by atoms with Crippen molar-refractivity contribution in [3.8, 4) is 0 Å². The van der Waals surface area contributed by atoms with Gasteiger partial charge >= 0.3 is 0 Å². The number of rotatable bonds is 5. The fraction of sp³-hybridized carbons (Fsp3) is 0.533. The van der Waals surface area contributed by atoms with E-state index < -0.39 is 0 Å². The molecule has 0 bridgehead atoms. The molecular formula is C15H21N5O2. The Balaban J connectivity index is 1.53. The van der Waals surface area contributed by atoms with Gasteiger partial charge in [-0.2, -0.15) is 5.10 Å². The summed E-state index contributed by atoms with van der Waals surface area (Å²) in [6.07, 6.45) is 6.70. The minimum atomic E-state index is -0.0369. The molecule has 7 heteroatoms. The highest BCUT2D eigenvalue weighted by Gasteiger charge is 2.27. The number of hydrogen-bond acceptors (Lipinski definition) is 5. The van der Waals surface area contributed by atoms with Gasteiger partial charge in [-0.25, -0.2) is 0 Å². The Kier molecular flexibility index (Phi) is 4.24. The number of nitrogens with one attached hydrogen (secondary N) is 1. The van der Waals surface area contributed by atoms with Crippen LogP contribution in [0.4, 0.5) is 5.82 Å². The summed E-state index contributed by atoms with van der Waals surface area (Å²) in [5, 5.41) is 10.8. The number of carbonyl (C=O) groups excluding carboxylic acids is 1. The summed E-state index contributed by atoms with van der Waals surface area (Å²) in [6.45, 7) is 3.56. The van der Waals surface area contributed by atoms with E-state index in [4.69, 9.17) is 4.52 Å². The van der Waals surface area contributed by atoms with Crippen LogP contribution in [0, 0.1) is 6.92 Å². The van der Waals surface area contributed by atoms with Crippen molar-refractivity contribution in [3.63, 3.8) is 0 Å². The molecule has 2 aromatic rings. The molecule has 0 radical (unpaired) electrons. The molecule has 0 saturated carbocycles. The van der Waals surface area contributed by atoms with E-state index in [1.165, 1.54) is 5.56 Å². The number of likely N-dealkylation sites (tertiary alicyclic amines) is 1. The van der Waals surface area contributed by atoms with E-state index in [0.717, 1.165) is 25.9 Å². The van der Waals surface area contributed by atoms with Crippen molar-refractivity contribution in [1.82, 2.24) is 19.8 Å². The van der Waals surface area contributed by atoms with E-state index >= 15 is 0 Å². The predicted octanol–water partition coefficient (Wildman–Crippen LogP) is 1.88. The molecule has 1 N–H and O–H groups in total. The van der Waals surface area contributed by atoms with Crippen LogP contribution in [0.15, 0.2) is 23.0 Å². The van der Waals surface area contributed by atoms with Crippen LogP contribution in [0.25, 0.3) is 0 Å². The zero-order valence-corrected chi connectivity index (χ0v) is 13.0. The third-order valence-corrected chi connectivity index (χ3v) is 3.99. The van der Waals surface area contributed by atoms with Gasteiger partial charge in [-0.15, -0.1) is 0 Å². The average Bonchev–Trinajstić information content (AvgIpc) is 3.18. The minimum Gasteiger partial charge on any atom is -0.360 e. The fourth-order valence-electron chi connectivity index (χ4n) is 2.96. The third-order valence-electron chi connectivity index (χ3n) is 3.99. The SMILES string of the molecule is Cc1cc(NC(=O)CCN2CCC[C@H]2c2cnn(C)c2)no1. The van der Waals surface area contributed by atoms with Gasteiger partial charge in [-0.3, -0.25) is 14.4 Å². The Morgan fingerprint density at radius 1 is 1.55 bits per heavy atom. The maximum Gasteiger partial charge on any atom is 0.226 e. The van der Waals surface area contributed by atoms with Crippen LogP contribution in [0.5, 0.6) is 0 Å². The molecule has 3 heterocycles. The molecule has 0 aromatic carbocycles. The fourth-order valence-corrected chi connectivity index (χ4v) is 2.96. The lowest BCUT2D eigenvalue weighted by molar-refractivity contribution is -0.116. The van der Waals surface area contributed by atoms with E-state index in [1.54, 1.807) is 13.0 Å². The minimum absolute atomic E-state index is 0.0369. The first-order chi connectivity index (χ1) is 10.6. The Morgan fingerprint density at radius 3 is 3.09 bits per heavy atom. The van der Waals surface area contributed by atoms with E-state index in [2.05, 4.69) is 26.7 Å². The van der Waals surface area contributed by atoms with Crippen molar-refractivity contribution < 1.29 is 9.32 Å². The van der Waals surface area contributed by atoms with Gasteiger partial charge in [0, 0.05) is 43.9 Å². The number of carbonyl (C=O) groups is 1. The van der Waals surface area contributed by atoms with Crippen molar-refractivity contribution in [3.05, 3.63) is 29.8 Å². The lowest BCUT2D eigenvalue weighted by Gasteiger charge is -2.23. The van der Waals surface area contributed by atoms with Crippen LogP contribution < -0.4 is 5.32 Å². The molecule has 1 amide bonds. The summed E-state index contributed by atoms with van der Waals surface area (Å²) < 4.78 is 6.76. The Bertz CT molecular complexity index is 648. The third kappa shape index (κ3) is 3.36. The van der Waals surface area contributed by atoms with Crippen molar-refractivity contribution in [2.45, 2.75) is 32.2 Å². The topological polar surface area (TPSA) is 76.2 Å². The van der Waals surface area contributed by atoms with Gasteiger partial charge in [0.15, 0.2) is 5.82 Å². The molecule has 118 valence electrons. The largest absolute Gasteiger partial charge is 0.360 e. The second kappa shape index (κ2) is 6.31. The Labute approximate surface area is 129 Å². The molecule has 0 spiro atoms. The highest BCUT2D eigenvalue weighted by molar-refractivity contribution is 5.89.